The number of ether oxygens (including phenoxy) is 1. The number of aryl methyl sites for hydroxylation is 1. The smallest absolute Gasteiger partial charge is 0.282 e. The molecule has 0 aliphatic heterocycles. The van der Waals surface area contributed by atoms with Crippen LogP contribution in [0.2, 0.25) is 0 Å². The van der Waals surface area contributed by atoms with E-state index in [2.05, 4.69) is 28.0 Å². The van der Waals surface area contributed by atoms with Gasteiger partial charge in [-0.25, -0.2) is 4.98 Å². The molecule has 180 valence electrons. The number of anilines is 1. The maximum Gasteiger partial charge on any atom is 0.282 e. The summed E-state index contributed by atoms with van der Waals surface area (Å²) in [6.07, 6.45) is 4.28. The molecule has 0 fully saturated rings. The minimum Gasteiger partial charge on any atom is -0.488 e. The van der Waals surface area contributed by atoms with Crippen LogP contribution in [0.4, 0.5) is 5.69 Å². The number of hydrogen-bond donors (Lipinski definition) is 0. The Bertz CT molecular complexity index is 1400. The fourth-order valence-corrected chi connectivity index (χ4v) is 4.06. The molecule has 0 saturated carbocycles. The van der Waals surface area contributed by atoms with Crippen LogP contribution in [0.3, 0.4) is 0 Å². The van der Waals surface area contributed by atoms with E-state index < -0.39 is 0 Å². The normalized spacial score (nSPS) is 11.3. The summed E-state index contributed by atoms with van der Waals surface area (Å²) in [7, 11) is 3.98. The van der Waals surface area contributed by atoms with E-state index in [1.165, 1.54) is 4.68 Å². The molecular weight excluding hydrogens is 504 g/mol. The van der Waals surface area contributed by atoms with Crippen LogP contribution in [-0.2, 0) is 13.0 Å². The van der Waals surface area contributed by atoms with E-state index in [1.807, 2.05) is 79.7 Å². The Morgan fingerprint density at radius 1 is 1.09 bits per heavy atom. The van der Waals surface area contributed by atoms with E-state index in [1.54, 1.807) is 12.3 Å². The zero-order valence-electron chi connectivity index (χ0n) is 20.2. The average molecular weight is 533 g/mol. The highest BCUT2D eigenvalue weighted by Gasteiger charge is 2.12. The van der Waals surface area contributed by atoms with Crippen LogP contribution in [0.1, 0.15) is 36.7 Å². The SMILES string of the molecule is CCCCc1nc2ccc(Br)cc2c(=O)n1N=Cc1ccc(N(C)C)cc1OCc1ccccc1. The fourth-order valence-electron chi connectivity index (χ4n) is 3.70. The standard InChI is InChI=1S/C28H29BrN4O2/c1-4-5-11-27-31-25-15-13-22(29)16-24(25)28(34)33(27)30-18-21-12-14-23(32(2)3)17-26(21)35-19-20-9-7-6-8-10-20/h6-10,12-18H,4-5,11,19H2,1-3H3. The molecule has 35 heavy (non-hydrogen) atoms. The minimum absolute atomic E-state index is 0.185. The van der Waals surface area contributed by atoms with Gasteiger partial charge in [-0.1, -0.05) is 59.6 Å². The maximum absolute atomic E-state index is 13.4. The highest BCUT2D eigenvalue weighted by atomic mass is 79.9. The molecule has 0 aliphatic carbocycles. The second-order valence-corrected chi connectivity index (χ2v) is 9.46. The topological polar surface area (TPSA) is 59.7 Å². The molecule has 0 aliphatic rings. The van der Waals surface area contributed by atoms with Crippen molar-refractivity contribution in [2.24, 2.45) is 5.10 Å². The number of aromatic nitrogens is 2. The third kappa shape index (κ3) is 5.98. The van der Waals surface area contributed by atoms with Crippen LogP contribution < -0.4 is 15.2 Å². The lowest BCUT2D eigenvalue weighted by atomic mass is 10.2. The molecule has 1 aromatic heterocycles. The van der Waals surface area contributed by atoms with Crippen molar-refractivity contribution in [3.63, 3.8) is 0 Å². The van der Waals surface area contributed by atoms with Gasteiger partial charge in [-0.15, -0.1) is 0 Å². The second-order valence-electron chi connectivity index (χ2n) is 8.55. The van der Waals surface area contributed by atoms with Gasteiger partial charge in [0.05, 0.1) is 17.1 Å². The van der Waals surface area contributed by atoms with Gasteiger partial charge < -0.3 is 9.64 Å². The maximum atomic E-state index is 13.4. The molecule has 0 radical (unpaired) electrons. The van der Waals surface area contributed by atoms with Crippen LogP contribution in [0.25, 0.3) is 10.9 Å². The number of hydrogen-bond acceptors (Lipinski definition) is 5. The van der Waals surface area contributed by atoms with E-state index >= 15 is 0 Å². The lowest BCUT2D eigenvalue weighted by Gasteiger charge is -2.16. The Labute approximate surface area is 214 Å². The van der Waals surface area contributed by atoms with Crippen molar-refractivity contribution in [1.29, 1.82) is 0 Å². The van der Waals surface area contributed by atoms with Crippen LogP contribution in [0.5, 0.6) is 5.75 Å². The van der Waals surface area contributed by atoms with E-state index in [9.17, 15) is 4.79 Å². The van der Waals surface area contributed by atoms with E-state index in [-0.39, 0.29) is 5.56 Å². The summed E-state index contributed by atoms with van der Waals surface area (Å²) in [5.41, 5.74) is 3.37. The molecule has 6 nitrogen and oxygen atoms in total. The Morgan fingerprint density at radius 2 is 1.89 bits per heavy atom. The van der Waals surface area contributed by atoms with Gasteiger partial charge in [-0.2, -0.15) is 9.78 Å². The monoisotopic (exact) mass is 532 g/mol. The first-order valence-corrected chi connectivity index (χ1v) is 12.5. The number of benzene rings is 3. The van der Waals surface area contributed by atoms with Gasteiger partial charge >= 0.3 is 0 Å². The van der Waals surface area contributed by atoms with Gasteiger partial charge in [0.1, 0.15) is 18.2 Å². The first kappa shape index (κ1) is 24.7. The Hall–Kier alpha value is -3.45. The predicted octanol–water partition coefficient (Wildman–Crippen LogP) is 6.03. The average Bonchev–Trinajstić information content (AvgIpc) is 2.87. The van der Waals surface area contributed by atoms with Crippen molar-refractivity contribution >= 4 is 38.7 Å². The number of nitrogens with zero attached hydrogens (tertiary/aromatic N) is 4. The quantitative estimate of drug-likeness (QED) is 0.247. The van der Waals surface area contributed by atoms with Gasteiger partial charge in [0, 0.05) is 42.3 Å². The van der Waals surface area contributed by atoms with E-state index in [4.69, 9.17) is 9.72 Å². The lowest BCUT2D eigenvalue weighted by Crippen LogP contribution is -2.22. The first-order valence-electron chi connectivity index (χ1n) is 11.7. The largest absolute Gasteiger partial charge is 0.488 e. The van der Waals surface area contributed by atoms with Crippen molar-refractivity contribution in [2.75, 3.05) is 19.0 Å². The van der Waals surface area contributed by atoms with Gasteiger partial charge in [0.25, 0.3) is 5.56 Å². The number of rotatable bonds is 9. The number of halogens is 1. The summed E-state index contributed by atoms with van der Waals surface area (Å²) >= 11 is 3.46. The number of unbranched alkanes of at least 4 members (excludes halogenated alkanes) is 1. The lowest BCUT2D eigenvalue weighted by molar-refractivity contribution is 0.306. The zero-order chi connectivity index (χ0) is 24.8. The zero-order valence-corrected chi connectivity index (χ0v) is 21.8. The fraction of sp³-hybridized carbons (Fsp3) is 0.250. The van der Waals surface area contributed by atoms with E-state index in [0.717, 1.165) is 34.1 Å². The molecule has 0 spiro atoms. The third-order valence-corrected chi connectivity index (χ3v) is 6.19. The highest BCUT2D eigenvalue weighted by molar-refractivity contribution is 9.10. The molecule has 0 N–H and O–H groups in total. The Kier molecular flexibility index (Phi) is 7.98. The van der Waals surface area contributed by atoms with Crippen LogP contribution >= 0.6 is 15.9 Å². The highest BCUT2D eigenvalue weighted by Crippen LogP contribution is 2.25. The molecule has 7 heteroatoms. The van der Waals surface area contributed by atoms with Gasteiger partial charge in [0.15, 0.2) is 0 Å². The minimum atomic E-state index is -0.185. The summed E-state index contributed by atoms with van der Waals surface area (Å²) in [5.74, 6) is 1.35. The molecule has 0 bridgehead atoms. The van der Waals surface area contributed by atoms with E-state index in [0.29, 0.717) is 35.5 Å². The number of fused-ring (bicyclic) bond motifs is 1. The van der Waals surface area contributed by atoms with Crippen molar-refractivity contribution in [2.45, 2.75) is 32.8 Å². The molecule has 0 unspecified atom stereocenters. The molecule has 1 heterocycles. The summed E-state index contributed by atoms with van der Waals surface area (Å²) in [5, 5.41) is 5.13. The Morgan fingerprint density at radius 3 is 2.63 bits per heavy atom. The first-order chi connectivity index (χ1) is 17.0. The second kappa shape index (κ2) is 11.3. The van der Waals surface area contributed by atoms with Crippen molar-refractivity contribution < 1.29 is 4.74 Å². The molecule has 3 aromatic carbocycles. The van der Waals surface area contributed by atoms with Crippen LogP contribution in [0.15, 0.2) is 81.1 Å². The summed E-state index contributed by atoms with van der Waals surface area (Å²) in [6, 6.07) is 21.5. The van der Waals surface area contributed by atoms with Gasteiger partial charge in [-0.05, 0) is 42.3 Å². The third-order valence-electron chi connectivity index (χ3n) is 5.69. The molecule has 4 rings (SSSR count). The van der Waals surface area contributed by atoms with Crippen LogP contribution in [0, 0.1) is 0 Å². The summed E-state index contributed by atoms with van der Waals surface area (Å²) < 4.78 is 8.44. The molecule has 4 aromatic rings. The molecular formula is C28H29BrN4O2. The van der Waals surface area contributed by atoms with Gasteiger partial charge in [-0.3, -0.25) is 4.79 Å². The molecule has 0 atom stereocenters. The van der Waals surface area contributed by atoms with Crippen molar-refractivity contribution in [3.05, 3.63) is 98.5 Å². The molecule has 0 amide bonds. The molecule has 0 saturated heterocycles. The summed E-state index contributed by atoms with van der Waals surface area (Å²) in [4.78, 5) is 20.2. The predicted molar refractivity (Wildman–Crippen MR) is 147 cm³/mol. The Balaban J connectivity index is 1.74. The summed E-state index contributed by atoms with van der Waals surface area (Å²) in [6.45, 7) is 2.55. The van der Waals surface area contributed by atoms with Crippen molar-refractivity contribution in [3.8, 4) is 5.75 Å². The van der Waals surface area contributed by atoms with Crippen molar-refractivity contribution in [1.82, 2.24) is 9.66 Å². The van der Waals surface area contributed by atoms with Gasteiger partial charge in [0.2, 0.25) is 0 Å². The van der Waals surface area contributed by atoms with Crippen LogP contribution in [-0.4, -0.2) is 30.0 Å².